The Morgan fingerprint density at radius 2 is 2.10 bits per heavy atom. The van der Waals surface area contributed by atoms with Gasteiger partial charge in [-0.2, -0.15) is 0 Å². The quantitative estimate of drug-likeness (QED) is 0.852. The zero-order chi connectivity index (χ0) is 15.2. The summed E-state index contributed by atoms with van der Waals surface area (Å²) in [5.41, 5.74) is 0.758. The Labute approximate surface area is 122 Å². The van der Waals surface area contributed by atoms with Crippen molar-refractivity contribution in [3.05, 3.63) is 47.4 Å². The fourth-order valence-corrected chi connectivity index (χ4v) is 1.74. The molecule has 0 fully saturated rings. The highest BCUT2D eigenvalue weighted by atomic mass is 19.1. The average molecular weight is 296 g/mol. The van der Waals surface area contributed by atoms with Gasteiger partial charge in [0.25, 0.3) is 0 Å². The van der Waals surface area contributed by atoms with Gasteiger partial charge in [-0.1, -0.05) is 19.0 Å². The molecule has 0 unspecified atom stereocenters. The van der Waals surface area contributed by atoms with Crippen molar-refractivity contribution >= 4 is 0 Å². The normalized spacial score (nSPS) is 11.1. The van der Waals surface area contributed by atoms with Gasteiger partial charge < -0.3 is 14.6 Å². The molecule has 4 nitrogen and oxygen atoms in total. The van der Waals surface area contributed by atoms with Gasteiger partial charge in [-0.25, -0.2) is 8.78 Å². The van der Waals surface area contributed by atoms with Crippen molar-refractivity contribution in [3.8, 4) is 5.75 Å². The van der Waals surface area contributed by atoms with Crippen molar-refractivity contribution in [1.82, 2.24) is 10.5 Å². The smallest absolute Gasteiger partial charge is 0.174 e. The maximum atomic E-state index is 13.4. The molecule has 0 amide bonds. The van der Waals surface area contributed by atoms with Gasteiger partial charge in [0.2, 0.25) is 0 Å². The highest BCUT2D eigenvalue weighted by Gasteiger charge is 2.08. The van der Waals surface area contributed by atoms with Gasteiger partial charge in [-0.05, 0) is 24.6 Å². The molecule has 1 aromatic heterocycles. The van der Waals surface area contributed by atoms with Crippen molar-refractivity contribution in [2.24, 2.45) is 5.92 Å². The molecule has 0 aliphatic carbocycles. The molecule has 0 aliphatic rings. The van der Waals surface area contributed by atoms with Crippen LogP contribution in [0.1, 0.15) is 25.3 Å². The number of ether oxygens (including phenoxy) is 1. The van der Waals surface area contributed by atoms with E-state index in [2.05, 4.69) is 24.3 Å². The second-order valence-corrected chi connectivity index (χ2v) is 5.17. The highest BCUT2D eigenvalue weighted by Crippen LogP contribution is 2.19. The first-order valence-corrected chi connectivity index (χ1v) is 6.77. The molecule has 2 aromatic rings. The summed E-state index contributed by atoms with van der Waals surface area (Å²) in [4.78, 5) is 0. The number of hydrogen-bond acceptors (Lipinski definition) is 4. The molecule has 6 heteroatoms. The lowest BCUT2D eigenvalue weighted by Gasteiger charge is -2.04. The van der Waals surface area contributed by atoms with Crippen LogP contribution in [-0.2, 0) is 13.2 Å². The Morgan fingerprint density at radius 3 is 2.81 bits per heavy atom. The van der Waals surface area contributed by atoms with E-state index in [4.69, 9.17) is 9.26 Å². The third-order valence-corrected chi connectivity index (χ3v) is 2.73. The molecule has 0 radical (unpaired) electrons. The predicted octanol–water partition coefficient (Wildman–Crippen LogP) is 3.28. The third-order valence-electron chi connectivity index (χ3n) is 2.73. The van der Waals surface area contributed by atoms with Gasteiger partial charge in [-0.3, -0.25) is 0 Å². The van der Waals surface area contributed by atoms with Crippen molar-refractivity contribution in [2.45, 2.75) is 27.0 Å². The van der Waals surface area contributed by atoms with Crippen LogP contribution in [0.5, 0.6) is 5.75 Å². The molecule has 0 saturated heterocycles. The van der Waals surface area contributed by atoms with Crippen LogP contribution in [0.25, 0.3) is 0 Å². The molecule has 0 aliphatic heterocycles. The van der Waals surface area contributed by atoms with E-state index in [9.17, 15) is 8.78 Å². The Morgan fingerprint density at radius 1 is 1.29 bits per heavy atom. The lowest BCUT2D eigenvalue weighted by Crippen LogP contribution is -2.19. The molecule has 0 spiro atoms. The van der Waals surface area contributed by atoms with E-state index in [1.165, 1.54) is 6.07 Å². The fourth-order valence-electron chi connectivity index (χ4n) is 1.74. The largest absolute Gasteiger partial charge is 0.482 e. The third kappa shape index (κ3) is 4.82. The zero-order valence-corrected chi connectivity index (χ0v) is 12.0. The Balaban J connectivity index is 1.85. The molecule has 21 heavy (non-hydrogen) atoms. The molecular formula is C15H18F2N2O2. The zero-order valence-electron chi connectivity index (χ0n) is 12.0. The fraction of sp³-hybridized carbons (Fsp3) is 0.400. The van der Waals surface area contributed by atoms with Crippen molar-refractivity contribution in [3.63, 3.8) is 0 Å². The maximum Gasteiger partial charge on any atom is 0.174 e. The molecule has 0 bridgehead atoms. The van der Waals surface area contributed by atoms with E-state index in [1.54, 1.807) is 6.07 Å². The summed E-state index contributed by atoms with van der Waals surface area (Å²) >= 11 is 0. The van der Waals surface area contributed by atoms with Crippen LogP contribution in [0.3, 0.4) is 0 Å². The van der Waals surface area contributed by atoms with Gasteiger partial charge in [0, 0.05) is 18.7 Å². The minimum Gasteiger partial charge on any atom is -0.482 e. The van der Waals surface area contributed by atoms with Crippen molar-refractivity contribution in [2.75, 3.05) is 6.54 Å². The molecular weight excluding hydrogens is 278 g/mol. The van der Waals surface area contributed by atoms with Gasteiger partial charge >= 0.3 is 0 Å². The van der Waals surface area contributed by atoms with E-state index in [0.717, 1.165) is 24.4 Å². The predicted molar refractivity (Wildman–Crippen MR) is 73.7 cm³/mol. The van der Waals surface area contributed by atoms with E-state index in [-0.39, 0.29) is 12.4 Å². The van der Waals surface area contributed by atoms with Crippen molar-refractivity contribution in [1.29, 1.82) is 0 Å². The molecule has 114 valence electrons. The summed E-state index contributed by atoms with van der Waals surface area (Å²) in [7, 11) is 0. The number of hydrogen-bond donors (Lipinski definition) is 1. The average Bonchev–Trinajstić information content (AvgIpc) is 2.85. The van der Waals surface area contributed by atoms with Gasteiger partial charge in [0.1, 0.15) is 12.4 Å². The number of benzene rings is 1. The number of nitrogens with one attached hydrogen (secondary N) is 1. The highest BCUT2D eigenvalue weighted by molar-refractivity contribution is 5.24. The van der Waals surface area contributed by atoms with E-state index >= 15 is 0 Å². The number of halogens is 2. The Kier molecular flexibility index (Phi) is 5.27. The Hall–Kier alpha value is -1.95. The minimum atomic E-state index is -0.742. The topological polar surface area (TPSA) is 47.3 Å². The summed E-state index contributed by atoms with van der Waals surface area (Å²) in [5, 5.41) is 7.13. The molecule has 1 aromatic carbocycles. The molecule has 0 atom stereocenters. The van der Waals surface area contributed by atoms with Crippen LogP contribution in [0.4, 0.5) is 8.78 Å². The van der Waals surface area contributed by atoms with Crippen LogP contribution in [0.2, 0.25) is 0 Å². The van der Waals surface area contributed by atoms with E-state index in [1.807, 2.05) is 0 Å². The minimum absolute atomic E-state index is 0.0210. The van der Waals surface area contributed by atoms with Crippen LogP contribution in [0, 0.1) is 17.6 Å². The first kappa shape index (κ1) is 15.4. The first-order valence-electron chi connectivity index (χ1n) is 6.77. The van der Waals surface area contributed by atoms with Gasteiger partial charge in [0.05, 0.1) is 5.69 Å². The lowest BCUT2D eigenvalue weighted by atomic mass is 10.2. The van der Waals surface area contributed by atoms with Gasteiger partial charge in [0.15, 0.2) is 17.3 Å². The van der Waals surface area contributed by atoms with Gasteiger partial charge in [-0.15, -0.1) is 0 Å². The summed E-state index contributed by atoms with van der Waals surface area (Å²) in [6.07, 6.45) is 0. The summed E-state index contributed by atoms with van der Waals surface area (Å²) in [6.45, 7) is 5.77. The lowest BCUT2D eigenvalue weighted by molar-refractivity contribution is 0.239. The summed E-state index contributed by atoms with van der Waals surface area (Å²) in [6, 6.07) is 4.90. The van der Waals surface area contributed by atoms with Crippen molar-refractivity contribution < 1.29 is 18.0 Å². The van der Waals surface area contributed by atoms with Crippen LogP contribution < -0.4 is 10.1 Å². The SMILES string of the molecule is CC(C)CNCc1cc(COc2ccc(F)cc2F)on1. The first-order chi connectivity index (χ1) is 10.0. The monoisotopic (exact) mass is 296 g/mol. The second-order valence-electron chi connectivity index (χ2n) is 5.17. The number of rotatable bonds is 7. The van der Waals surface area contributed by atoms with Crippen LogP contribution in [0.15, 0.2) is 28.8 Å². The summed E-state index contributed by atoms with van der Waals surface area (Å²) < 4.78 is 36.5. The molecule has 1 heterocycles. The number of nitrogens with zero attached hydrogens (tertiary/aromatic N) is 1. The molecule has 0 saturated carbocycles. The Bertz CT molecular complexity index is 585. The van der Waals surface area contributed by atoms with Crippen LogP contribution >= 0.6 is 0 Å². The van der Waals surface area contributed by atoms with E-state index in [0.29, 0.717) is 18.2 Å². The second kappa shape index (κ2) is 7.17. The maximum absolute atomic E-state index is 13.4. The number of aromatic nitrogens is 1. The standard InChI is InChI=1S/C15H18F2N2O2/c1-10(2)7-18-8-12-6-13(21-19-12)9-20-15-4-3-11(16)5-14(15)17/h3-6,10,18H,7-9H2,1-2H3. The van der Waals surface area contributed by atoms with E-state index < -0.39 is 11.6 Å². The molecule has 1 N–H and O–H groups in total. The summed E-state index contributed by atoms with van der Waals surface area (Å²) in [5.74, 6) is -0.361. The van der Waals surface area contributed by atoms with Crippen LogP contribution in [-0.4, -0.2) is 11.7 Å². The molecule has 2 rings (SSSR count).